The van der Waals surface area contributed by atoms with Crippen LogP contribution in [-0.4, -0.2) is 85.8 Å². The second-order valence-electron chi connectivity index (χ2n) is 17.3. The van der Waals surface area contributed by atoms with Gasteiger partial charge in [-0.05, 0) is 124 Å². The van der Waals surface area contributed by atoms with Crippen LogP contribution in [0.5, 0.6) is 0 Å². The Labute approximate surface area is 265 Å². The molecule has 0 bridgehead atoms. The summed E-state index contributed by atoms with van der Waals surface area (Å²) in [6.07, 6.45) is 3.15. The second kappa shape index (κ2) is 11.8. The Morgan fingerprint density at radius 1 is 0.886 bits per heavy atom. The van der Waals surface area contributed by atoms with Crippen molar-refractivity contribution in [3.63, 3.8) is 0 Å². The molecule has 4 saturated carbocycles. The van der Waals surface area contributed by atoms with Crippen molar-refractivity contribution < 1.29 is 40.1 Å². The molecule has 0 radical (unpaired) electrons. The van der Waals surface area contributed by atoms with Crippen LogP contribution in [0.4, 0.5) is 0 Å². The molecule has 0 unspecified atom stereocenters. The number of aliphatic hydroxyl groups is 6. The Morgan fingerprint density at radius 3 is 2.18 bits per heavy atom. The van der Waals surface area contributed by atoms with E-state index in [4.69, 9.17) is 9.47 Å². The third-order valence-corrected chi connectivity index (χ3v) is 14.5. The van der Waals surface area contributed by atoms with E-state index in [0.29, 0.717) is 18.3 Å². The van der Waals surface area contributed by atoms with Crippen molar-refractivity contribution >= 4 is 0 Å². The molecule has 44 heavy (non-hydrogen) atoms. The summed E-state index contributed by atoms with van der Waals surface area (Å²) >= 11 is 0. The summed E-state index contributed by atoms with van der Waals surface area (Å²) < 4.78 is 12.2. The third kappa shape index (κ3) is 5.26. The molecule has 1 aliphatic heterocycles. The van der Waals surface area contributed by atoms with Gasteiger partial charge in [-0.3, -0.25) is 0 Å². The van der Waals surface area contributed by atoms with Gasteiger partial charge in [0.25, 0.3) is 0 Å². The van der Waals surface area contributed by atoms with Crippen LogP contribution in [0.1, 0.15) is 113 Å². The highest BCUT2D eigenvalue weighted by molar-refractivity contribution is 5.20. The smallest absolute Gasteiger partial charge is 0.186 e. The highest BCUT2D eigenvalue weighted by Crippen LogP contribution is 2.76. The van der Waals surface area contributed by atoms with E-state index >= 15 is 0 Å². The number of allylic oxidation sites excluding steroid dienone is 2. The fourth-order valence-electron chi connectivity index (χ4n) is 11.9. The van der Waals surface area contributed by atoms with Crippen LogP contribution in [0.3, 0.4) is 0 Å². The van der Waals surface area contributed by atoms with Gasteiger partial charge in [-0.2, -0.15) is 0 Å². The fraction of sp³-hybridized carbons (Fsp3) is 0.944. The summed E-state index contributed by atoms with van der Waals surface area (Å²) in [6, 6.07) is 0. The Kier molecular flexibility index (Phi) is 9.35. The average molecular weight is 623 g/mol. The Bertz CT molecular complexity index is 1070. The maximum atomic E-state index is 12.0. The van der Waals surface area contributed by atoms with Crippen molar-refractivity contribution in [1.29, 1.82) is 0 Å². The van der Waals surface area contributed by atoms with Gasteiger partial charge >= 0.3 is 0 Å². The monoisotopic (exact) mass is 622 g/mol. The van der Waals surface area contributed by atoms with Crippen molar-refractivity contribution in [2.24, 2.45) is 45.3 Å². The van der Waals surface area contributed by atoms with E-state index in [1.807, 2.05) is 6.92 Å². The van der Waals surface area contributed by atoms with E-state index < -0.39 is 49.0 Å². The fourth-order valence-corrected chi connectivity index (χ4v) is 11.9. The molecule has 5 rings (SSSR count). The Hall–Kier alpha value is -0.580. The average Bonchev–Trinajstić information content (AvgIpc) is 3.32. The zero-order chi connectivity index (χ0) is 32.6. The quantitative estimate of drug-likeness (QED) is 0.182. The number of fused-ring (bicyclic) bond motifs is 5. The molecule has 0 aromatic carbocycles. The van der Waals surface area contributed by atoms with Gasteiger partial charge in [0.1, 0.15) is 24.4 Å². The minimum atomic E-state index is -1.46. The van der Waals surface area contributed by atoms with Crippen LogP contribution >= 0.6 is 0 Å². The topological polar surface area (TPSA) is 140 Å². The van der Waals surface area contributed by atoms with E-state index in [9.17, 15) is 30.6 Å². The molecule has 15 atom stereocenters. The predicted molar refractivity (Wildman–Crippen MR) is 168 cm³/mol. The minimum absolute atomic E-state index is 0.0231. The summed E-state index contributed by atoms with van der Waals surface area (Å²) in [4.78, 5) is 0. The first-order valence-corrected chi connectivity index (χ1v) is 17.3. The lowest BCUT2D eigenvalue weighted by Crippen LogP contribution is -2.67. The molecular weight excluding hydrogens is 560 g/mol. The van der Waals surface area contributed by atoms with Gasteiger partial charge < -0.3 is 40.1 Å². The van der Waals surface area contributed by atoms with Crippen LogP contribution in [0.15, 0.2) is 11.6 Å². The van der Waals surface area contributed by atoms with Crippen LogP contribution in [0.2, 0.25) is 0 Å². The molecule has 0 aromatic heterocycles. The van der Waals surface area contributed by atoms with Gasteiger partial charge in [-0.15, -0.1) is 0 Å². The maximum Gasteiger partial charge on any atom is 0.186 e. The summed E-state index contributed by atoms with van der Waals surface area (Å²) in [7, 11) is 0. The van der Waals surface area contributed by atoms with E-state index in [1.54, 1.807) is 0 Å². The van der Waals surface area contributed by atoms with Crippen molar-refractivity contribution in [3.8, 4) is 0 Å². The molecule has 1 saturated heterocycles. The highest BCUT2D eigenvalue weighted by Gasteiger charge is 2.71. The first kappa shape index (κ1) is 34.7. The standard InChI is InChI=1S/C36H62O8/c1-20(2)10-9-14-36(8,42)21-11-16-35(7)27(21)22(38)18-25-33(5)15-13-26(32(3,4)24(33)12-17-34(25,35)6)44-31-30(41)29(40)28(39)23(19-37)43-31/h10,21-31,37-42H,9,11-19H2,1-8H3/t21-,22+,23+,24+,25+,26+,27-,28+,29-,30+,31-,33-,34+,35+,36+/m0/s1. The summed E-state index contributed by atoms with van der Waals surface area (Å²) in [5.41, 5.74) is 0.122. The van der Waals surface area contributed by atoms with Crippen LogP contribution in [0, 0.1) is 45.3 Å². The van der Waals surface area contributed by atoms with Gasteiger partial charge in [0.2, 0.25) is 0 Å². The zero-order valence-electron chi connectivity index (χ0n) is 28.5. The SMILES string of the molecule is CC(C)=CCC[C@@](C)(O)[C@H]1CC[C@]2(C)[C@@H]1[C@H](O)C[C@@H]1[C@@]3(C)CC[C@@H](O[C@@H]4O[C@H](CO)[C@@H](O)[C@H](O)[C@H]4O)C(C)(C)[C@H]3CC[C@]12C. The molecule has 6 N–H and O–H groups in total. The van der Waals surface area contributed by atoms with Crippen molar-refractivity contribution in [2.75, 3.05) is 6.61 Å². The molecule has 8 nitrogen and oxygen atoms in total. The van der Waals surface area contributed by atoms with E-state index in [2.05, 4.69) is 54.5 Å². The lowest BCUT2D eigenvalue weighted by atomic mass is 9.35. The minimum Gasteiger partial charge on any atom is -0.394 e. The van der Waals surface area contributed by atoms with Gasteiger partial charge in [-0.1, -0.05) is 46.3 Å². The highest BCUT2D eigenvalue weighted by atomic mass is 16.7. The molecule has 0 amide bonds. The largest absolute Gasteiger partial charge is 0.394 e. The number of aliphatic hydroxyl groups excluding tert-OH is 5. The van der Waals surface area contributed by atoms with E-state index in [0.717, 1.165) is 51.4 Å². The summed E-state index contributed by atoms with van der Waals surface area (Å²) in [6.45, 7) is 17.5. The summed E-state index contributed by atoms with van der Waals surface area (Å²) in [5.74, 6) is 0.792. The Balaban J connectivity index is 1.37. The maximum absolute atomic E-state index is 12.0. The van der Waals surface area contributed by atoms with Gasteiger partial charge in [-0.25, -0.2) is 0 Å². The lowest BCUT2D eigenvalue weighted by molar-refractivity contribution is -0.332. The van der Waals surface area contributed by atoms with Crippen LogP contribution < -0.4 is 0 Å². The number of hydrogen-bond donors (Lipinski definition) is 6. The molecule has 0 aromatic rings. The molecule has 254 valence electrons. The number of ether oxygens (including phenoxy) is 2. The van der Waals surface area contributed by atoms with Gasteiger partial charge in [0.15, 0.2) is 6.29 Å². The lowest BCUT2D eigenvalue weighted by Gasteiger charge is -2.70. The normalized spacial score (nSPS) is 51.5. The van der Waals surface area contributed by atoms with Crippen LogP contribution in [0.25, 0.3) is 0 Å². The second-order valence-corrected chi connectivity index (χ2v) is 17.3. The molecule has 1 heterocycles. The predicted octanol–water partition coefficient (Wildman–Crippen LogP) is 4.32. The van der Waals surface area contributed by atoms with Crippen molar-refractivity contribution in [3.05, 3.63) is 11.6 Å². The Morgan fingerprint density at radius 2 is 1.55 bits per heavy atom. The van der Waals surface area contributed by atoms with E-state index in [-0.39, 0.29) is 39.6 Å². The number of hydrogen-bond acceptors (Lipinski definition) is 8. The molecule has 5 fully saturated rings. The first-order chi connectivity index (χ1) is 20.3. The molecule has 0 spiro atoms. The van der Waals surface area contributed by atoms with E-state index in [1.165, 1.54) is 5.57 Å². The van der Waals surface area contributed by atoms with Crippen LogP contribution in [-0.2, 0) is 9.47 Å². The first-order valence-electron chi connectivity index (χ1n) is 17.3. The van der Waals surface area contributed by atoms with Gasteiger partial charge in [0.05, 0.1) is 24.4 Å². The zero-order valence-corrected chi connectivity index (χ0v) is 28.5. The number of rotatable bonds is 7. The molecule has 4 aliphatic carbocycles. The molecular formula is C36H62O8. The van der Waals surface area contributed by atoms with Crippen molar-refractivity contribution in [1.82, 2.24) is 0 Å². The summed E-state index contributed by atoms with van der Waals surface area (Å²) in [5, 5.41) is 64.8. The third-order valence-electron chi connectivity index (χ3n) is 14.5. The van der Waals surface area contributed by atoms with Crippen molar-refractivity contribution in [2.45, 2.75) is 162 Å². The van der Waals surface area contributed by atoms with Gasteiger partial charge in [0, 0.05) is 0 Å². The molecule has 5 aliphatic rings. The molecule has 8 heteroatoms.